The highest BCUT2D eigenvalue weighted by Crippen LogP contribution is 2.37. The number of carbonyl (C=O) groups is 2. The third kappa shape index (κ3) is 3.08. The first kappa shape index (κ1) is 15.6. The van der Waals surface area contributed by atoms with Gasteiger partial charge in [-0.25, -0.2) is 0 Å². The van der Waals surface area contributed by atoms with Crippen LogP contribution >= 0.6 is 11.8 Å². The van der Waals surface area contributed by atoms with Crippen LogP contribution in [0.5, 0.6) is 0 Å². The Hall–Kier alpha value is -2.33. The number of likely N-dealkylation sites (N-methyl/N-ethyl adjacent to an activating group) is 1. The molecule has 23 heavy (non-hydrogen) atoms. The number of imide groups is 1. The lowest BCUT2D eigenvalue weighted by Crippen LogP contribution is -2.31. The fourth-order valence-corrected chi connectivity index (χ4v) is 3.65. The SMILES string of the molecule is CCN1C(=O)C(SCc2ccccc2)=C(c2ccccc2)C1=O. The Balaban J connectivity index is 1.95. The maximum atomic E-state index is 12.6. The molecule has 0 saturated carbocycles. The smallest absolute Gasteiger partial charge is 0.267 e. The van der Waals surface area contributed by atoms with Gasteiger partial charge in [-0.3, -0.25) is 14.5 Å². The lowest BCUT2D eigenvalue weighted by atomic mass is 10.1. The van der Waals surface area contributed by atoms with Crippen LogP contribution in [-0.2, 0) is 15.3 Å². The van der Waals surface area contributed by atoms with Crippen LogP contribution in [0.2, 0.25) is 0 Å². The van der Waals surface area contributed by atoms with Gasteiger partial charge < -0.3 is 0 Å². The van der Waals surface area contributed by atoms with E-state index in [1.807, 2.05) is 67.6 Å². The molecule has 1 aliphatic heterocycles. The average Bonchev–Trinajstić information content (AvgIpc) is 2.84. The third-order valence-electron chi connectivity index (χ3n) is 3.73. The molecule has 0 fully saturated rings. The zero-order chi connectivity index (χ0) is 16.2. The van der Waals surface area contributed by atoms with Gasteiger partial charge in [0.2, 0.25) is 0 Å². The average molecular weight is 323 g/mol. The quantitative estimate of drug-likeness (QED) is 0.787. The molecule has 0 radical (unpaired) electrons. The van der Waals surface area contributed by atoms with Gasteiger partial charge in [0.15, 0.2) is 0 Å². The summed E-state index contributed by atoms with van der Waals surface area (Å²) in [6, 6.07) is 19.4. The van der Waals surface area contributed by atoms with Gasteiger partial charge in [-0.2, -0.15) is 0 Å². The number of benzene rings is 2. The lowest BCUT2D eigenvalue weighted by molar-refractivity contribution is -0.136. The molecule has 0 aromatic heterocycles. The molecule has 1 heterocycles. The summed E-state index contributed by atoms with van der Waals surface area (Å²) in [6.07, 6.45) is 0. The molecule has 2 aromatic rings. The monoisotopic (exact) mass is 323 g/mol. The van der Waals surface area contributed by atoms with Gasteiger partial charge in [-0.1, -0.05) is 60.7 Å². The van der Waals surface area contributed by atoms with E-state index in [1.54, 1.807) is 0 Å². The Morgan fingerprint density at radius 1 is 0.870 bits per heavy atom. The minimum Gasteiger partial charge on any atom is -0.274 e. The number of carbonyl (C=O) groups excluding carboxylic acids is 2. The molecule has 3 nitrogen and oxygen atoms in total. The molecular weight excluding hydrogens is 306 g/mol. The van der Waals surface area contributed by atoms with E-state index in [1.165, 1.54) is 16.7 Å². The van der Waals surface area contributed by atoms with E-state index in [2.05, 4.69) is 0 Å². The molecule has 0 aliphatic carbocycles. The van der Waals surface area contributed by atoms with Gasteiger partial charge in [0.25, 0.3) is 11.8 Å². The molecule has 0 N–H and O–H groups in total. The summed E-state index contributed by atoms with van der Waals surface area (Å²) < 4.78 is 0. The van der Waals surface area contributed by atoms with E-state index in [0.29, 0.717) is 22.8 Å². The van der Waals surface area contributed by atoms with Crippen LogP contribution in [0.1, 0.15) is 18.1 Å². The van der Waals surface area contributed by atoms with Crippen molar-refractivity contribution in [2.45, 2.75) is 12.7 Å². The van der Waals surface area contributed by atoms with E-state index in [0.717, 1.165) is 11.1 Å². The summed E-state index contributed by atoms with van der Waals surface area (Å²) in [5, 5.41) is 0. The minimum absolute atomic E-state index is 0.183. The fourth-order valence-electron chi connectivity index (χ4n) is 2.56. The third-order valence-corrected chi connectivity index (χ3v) is 4.88. The van der Waals surface area contributed by atoms with E-state index in [9.17, 15) is 9.59 Å². The number of hydrogen-bond acceptors (Lipinski definition) is 3. The predicted molar refractivity (Wildman–Crippen MR) is 93.5 cm³/mol. The summed E-state index contributed by atoms with van der Waals surface area (Å²) in [7, 11) is 0. The Bertz CT molecular complexity index is 753. The maximum Gasteiger partial charge on any atom is 0.267 e. The van der Waals surface area contributed by atoms with Crippen molar-refractivity contribution in [3.05, 3.63) is 76.7 Å². The molecule has 4 heteroatoms. The second-order valence-corrected chi connectivity index (χ2v) is 6.18. The van der Waals surface area contributed by atoms with Crippen molar-refractivity contribution in [3.8, 4) is 0 Å². The molecule has 0 unspecified atom stereocenters. The highest BCUT2D eigenvalue weighted by Gasteiger charge is 2.37. The lowest BCUT2D eigenvalue weighted by Gasteiger charge is -2.11. The summed E-state index contributed by atoms with van der Waals surface area (Å²) in [5.74, 6) is 0.292. The van der Waals surface area contributed by atoms with Crippen LogP contribution in [0.25, 0.3) is 5.57 Å². The molecule has 0 bridgehead atoms. The van der Waals surface area contributed by atoms with Crippen LogP contribution in [0.3, 0.4) is 0 Å². The Kier molecular flexibility index (Phi) is 4.63. The van der Waals surface area contributed by atoms with E-state index >= 15 is 0 Å². The fraction of sp³-hybridized carbons (Fsp3) is 0.158. The minimum atomic E-state index is -0.195. The van der Waals surface area contributed by atoms with Crippen molar-refractivity contribution in [1.82, 2.24) is 4.90 Å². The normalized spacial score (nSPS) is 14.7. The largest absolute Gasteiger partial charge is 0.274 e. The standard InChI is InChI=1S/C19H17NO2S/c1-2-20-18(21)16(15-11-7-4-8-12-15)17(19(20)22)23-13-14-9-5-3-6-10-14/h3-12H,2,13H2,1H3. The van der Waals surface area contributed by atoms with Crippen LogP contribution < -0.4 is 0 Å². The van der Waals surface area contributed by atoms with E-state index < -0.39 is 0 Å². The van der Waals surface area contributed by atoms with Crippen LogP contribution in [-0.4, -0.2) is 23.3 Å². The van der Waals surface area contributed by atoms with E-state index in [-0.39, 0.29) is 11.8 Å². The van der Waals surface area contributed by atoms with Crippen LogP contribution in [0.4, 0.5) is 0 Å². The van der Waals surface area contributed by atoms with Crippen molar-refractivity contribution >= 4 is 29.1 Å². The van der Waals surface area contributed by atoms with Crippen LogP contribution in [0.15, 0.2) is 65.6 Å². The molecule has 1 aliphatic rings. The first-order valence-corrected chi connectivity index (χ1v) is 8.53. The number of thioether (sulfide) groups is 1. The molecule has 0 atom stereocenters. The van der Waals surface area contributed by atoms with Gasteiger partial charge >= 0.3 is 0 Å². The number of hydrogen-bond donors (Lipinski definition) is 0. The molecule has 0 saturated heterocycles. The molecule has 0 spiro atoms. The van der Waals surface area contributed by atoms with Crippen molar-refractivity contribution in [3.63, 3.8) is 0 Å². The number of nitrogens with zero attached hydrogens (tertiary/aromatic N) is 1. The van der Waals surface area contributed by atoms with Gasteiger partial charge in [0.1, 0.15) is 0 Å². The topological polar surface area (TPSA) is 37.4 Å². The second-order valence-electron chi connectivity index (χ2n) is 5.20. The van der Waals surface area contributed by atoms with E-state index in [4.69, 9.17) is 0 Å². The molecule has 3 rings (SSSR count). The molecule has 116 valence electrons. The second kappa shape index (κ2) is 6.84. The molecule has 2 amide bonds. The van der Waals surface area contributed by atoms with Gasteiger partial charge in [0.05, 0.1) is 10.5 Å². The van der Waals surface area contributed by atoms with Crippen LogP contribution in [0, 0.1) is 0 Å². The summed E-state index contributed by atoms with van der Waals surface area (Å²) in [6.45, 7) is 2.21. The van der Waals surface area contributed by atoms with Gasteiger partial charge in [0, 0.05) is 12.3 Å². The van der Waals surface area contributed by atoms with Gasteiger partial charge in [-0.15, -0.1) is 11.8 Å². The maximum absolute atomic E-state index is 12.6. The van der Waals surface area contributed by atoms with Crippen molar-refractivity contribution in [2.75, 3.05) is 6.54 Å². The molecular formula is C19H17NO2S. The Morgan fingerprint density at radius 2 is 1.48 bits per heavy atom. The van der Waals surface area contributed by atoms with Gasteiger partial charge in [-0.05, 0) is 18.1 Å². The van der Waals surface area contributed by atoms with Crippen molar-refractivity contribution < 1.29 is 9.59 Å². The summed E-state index contributed by atoms with van der Waals surface area (Å²) in [5.41, 5.74) is 2.46. The Morgan fingerprint density at radius 3 is 2.09 bits per heavy atom. The highest BCUT2D eigenvalue weighted by molar-refractivity contribution is 8.03. The number of rotatable bonds is 5. The molecule has 2 aromatic carbocycles. The summed E-state index contributed by atoms with van der Waals surface area (Å²) in [4.78, 5) is 27.0. The highest BCUT2D eigenvalue weighted by atomic mass is 32.2. The predicted octanol–water partition coefficient (Wildman–Crippen LogP) is 3.72. The Labute approximate surface area is 140 Å². The zero-order valence-corrected chi connectivity index (χ0v) is 13.7. The van der Waals surface area contributed by atoms with Crippen molar-refractivity contribution in [2.24, 2.45) is 0 Å². The zero-order valence-electron chi connectivity index (χ0n) is 12.9. The van der Waals surface area contributed by atoms with Crippen molar-refractivity contribution in [1.29, 1.82) is 0 Å². The summed E-state index contributed by atoms with van der Waals surface area (Å²) >= 11 is 1.44. The first-order chi connectivity index (χ1) is 11.2. The first-order valence-electron chi connectivity index (χ1n) is 7.55. The number of amides is 2.